The molecule has 0 spiro atoms. The molecule has 0 amide bonds. The standard InChI is InChI=1S/C21H25N2O10P/c1-13(19(26)29-2)23-34(28,33-15-8-4-3-5-9-15)30-12-16-17(24)18(25)21(31-16)32-20(27)14-7-6-10-22-11-14/h3-11,13,16-18,21,24-25H,12H2,1-2H3,(H,23,28)/t13?,16-,17-,18-,21+,34-/m1/s1. The summed E-state index contributed by atoms with van der Waals surface area (Å²) >= 11 is 0. The maximum atomic E-state index is 13.3. The third-order valence-electron chi connectivity index (χ3n) is 4.72. The van der Waals surface area contributed by atoms with Crippen LogP contribution in [0.25, 0.3) is 0 Å². The number of ether oxygens (including phenoxy) is 3. The van der Waals surface area contributed by atoms with Crippen molar-refractivity contribution in [3.8, 4) is 5.75 Å². The quantitative estimate of drug-likeness (QED) is 0.317. The number of nitrogens with zero attached hydrogens (tertiary/aromatic N) is 1. The summed E-state index contributed by atoms with van der Waals surface area (Å²) in [7, 11) is -3.03. The smallest absolute Gasteiger partial charge is 0.459 e. The van der Waals surface area contributed by atoms with Gasteiger partial charge < -0.3 is 28.9 Å². The number of methoxy groups -OCH3 is 1. The van der Waals surface area contributed by atoms with Gasteiger partial charge in [-0.1, -0.05) is 18.2 Å². The summed E-state index contributed by atoms with van der Waals surface area (Å²) in [5.41, 5.74) is 0.120. The molecule has 3 rings (SSSR count). The molecule has 1 saturated heterocycles. The molecular formula is C21H25N2O10P. The fraction of sp³-hybridized carbons (Fsp3) is 0.381. The number of carbonyl (C=O) groups excluding carboxylic acids is 2. The van der Waals surface area contributed by atoms with Crippen LogP contribution < -0.4 is 9.61 Å². The number of aliphatic hydroxyl groups is 2. The normalized spacial score (nSPS) is 24.6. The van der Waals surface area contributed by atoms with Crippen LogP contribution in [-0.2, 0) is 28.1 Å². The summed E-state index contributed by atoms with van der Waals surface area (Å²) < 4.78 is 39.4. The van der Waals surface area contributed by atoms with Crippen LogP contribution in [0.5, 0.6) is 5.75 Å². The number of hydrogen-bond acceptors (Lipinski definition) is 11. The minimum Gasteiger partial charge on any atom is -0.468 e. The Hall–Kier alpha value is -2.86. The van der Waals surface area contributed by atoms with E-state index < -0.39 is 56.9 Å². The molecule has 13 heteroatoms. The van der Waals surface area contributed by atoms with Crippen molar-refractivity contribution < 1.29 is 47.6 Å². The van der Waals surface area contributed by atoms with E-state index in [0.29, 0.717) is 0 Å². The topological polar surface area (TPSA) is 163 Å². The number of para-hydroxylation sites is 1. The number of pyridine rings is 1. The van der Waals surface area contributed by atoms with Crippen molar-refractivity contribution in [3.63, 3.8) is 0 Å². The van der Waals surface area contributed by atoms with Crippen LogP contribution in [0.2, 0.25) is 0 Å². The third kappa shape index (κ3) is 6.60. The van der Waals surface area contributed by atoms with Crippen molar-refractivity contribution in [1.29, 1.82) is 0 Å². The lowest BCUT2D eigenvalue weighted by Crippen LogP contribution is -2.37. The molecule has 2 aromatic rings. The lowest BCUT2D eigenvalue weighted by molar-refractivity contribution is -0.142. The zero-order valence-corrected chi connectivity index (χ0v) is 19.2. The van der Waals surface area contributed by atoms with E-state index in [1.807, 2.05) is 0 Å². The van der Waals surface area contributed by atoms with Gasteiger partial charge in [0.1, 0.15) is 30.1 Å². The lowest BCUT2D eigenvalue weighted by Gasteiger charge is -2.24. The Morgan fingerprint density at radius 1 is 1.18 bits per heavy atom. The molecule has 184 valence electrons. The van der Waals surface area contributed by atoms with Crippen molar-refractivity contribution in [2.24, 2.45) is 0 Å². The zero-order valence-electron chi connectivity index (χ0n) is 18.3. The van der Waals surface area contributed by atoms with Crippen LogP contribution in [-0.4, -0.2) is 71.5 Å². The highest BCUT2D eigenvalue weighted by molar-refractivity contribution is 7.52. The van der Waals surface area contributed by atoms with Gasteiger partial charge in [-0.05, 0) is 31.2 Å². The molecule has 0 bridgehead atoms. The van der Waals surface area contributed by atoms with Crippen molar-refractivity contribution in [1.82, 2.24) is 10.1 Å². The van der Waals surface area contributed by atoms with E-state index in [1.165, 1.54) is 50.7 Å². The Bertz CT molecular complexity index is 1010. The highest BCUT2D eigenvalue weighted by Crippen LogP contribution is 2.45. The number of esters is 2. The van der Waals surface area contributed by atoms with Gasteiger partial charge in [-0.3, -0.25) is 14.3 Å². The summed E-state index contributed by atoms with van der Waals surface area (Å²) in [4.78, 5) is 27.8. The van der Waals surface area contributed by atoms with Gasteiger partial charge in [-0.2, -0.15) is 5.09 Å². The predicted octanol–water partition coefficient (Wildman–Crippen LogP) is 1.04. The van der Waals surface area contributed by atoms with Gasteiger partial charge in [0.2, 0.25) is 6.29 Å². The first kappa shape index (κ1) is 25.8. The Morgan fingerprint density at radius 3 is 2.56 bits per heavy atom. The summed E-state index contributed by atoms with van der Waals surface area (Å²) in [6, 6.07) is 9.99. The van der Waals surface area contributed by atoms with E-state index >= 15 is 0 Å². The Balaban J connectivity index is 1.66. The first-order valence-corrected chi connectivity index (χ1v) is 11.7. The van der Waals surface area contributed by atoms with Crippen LogP contribution in [0.15, 0.2) is 54.9 Å². The SMILES string of the molecule is COC(=O)C(C)N[P@@](=O)(OC[C@H]1O[C@@H](OC(=O)c2cccnc2)[C@H](O)[C@@H]1O)Oc1ccccc1. The number of nitrogens with one attached hydrogen (secondary N) is 1. The van der Waals surface area contributed by atoms with Crippen LogP contribution in [0.1, 0.15) is 17.3 Å². The van der Waals surface area contributed by atoms with Gasteiger partial charge in [0, 0.05) is 12.4 Å². The number of aliphatic hydroxyl groups excluding tert-OH is 2. The molecule has 2 heterocycles. The summed E-state index contributed by atoms with van der Waals surface area (Å²) in [6.07, 6.45) is -3.12. The highest BCUT2D eigenvalue weighted by atomic mass is 31.2. The fourth-order valence-electron chi connectivity index (χ4n) is 2.95. The molecule has 0 saturated carbocycles. The number of hydrogen-bond donors (Lipinski definition) is 3. The number of carbonyl (C=O) groups is 2. The summed E-state index contributed by atoms with van der Waals surface area (Å²) in [6.45, 7) is 0.860. The molecule has 6 atom stereocenters. The average molecular weight is 496 g/mol. The van der Waals surface area contributed by atoms with Gasteiger partial charge in [0.15, 0.2) is 0 Å². The Labute approximate surface area is 195 Å². The molecule has 1 aliphatic heterocycles. The van der Waals surface area contributed by atoms with E-state index in [0.717, 1.165) is 0 Å². The first-order chi connectivity index (χ1) is 16.2. The van der Waals surface area contributed by atoms with Crippen LogP contribution in [0, 0.1) is 0 Å². The molecular weight excluding hydrogens is 471 g/mol. The summed E-state index contributed by atoms with van der Waals surface area (Å²) in [5.74, 6) is -1.35. The molecule has 1 aromatic heterocycles. The van der Waals surface area contributed by atoms with E-state index in [1.54, 1.807) is 18.2 Å². The molecule has 1 aliphatic rings. The van der Waals surface area contributed by atoms with E-state index in [9.17, 15) is 24.4 Å². The monoisotopic (exact) mass is 496 g/mol. The van der Waals surface area contributed by atoms with Crippen molar-refractivity contribution in [3.05, 3.63) is 60.4 Å². The minimum absolute atomic E-state index is 0.120. The van der Waals surface area contributed by atoms with Crippen LogP contribution in [0.3, 0.4) is 0 Å². The maximum Gasteiger partial charge on any atom is 0.459 e. The second-order valence-electron chi connectivity index (χ2n) is 7.24. The molecule has 0 aliphatic carbocycles. The minimum atomic E-state index is -4.20. The average Bonchev–Trinajstić information content (AvgIpc) is 3.11. The van der Waals surface area contributed by atoms with Gasteiger partial charge in [0.25, 0.3) is 0 Å². The van der Waals surface area contributed by atoms with Gasteiger partial charge in [0.05, 0.1) is 19.3 Å². The van der Waals surface area contributed by atoms with Crippen molar-refractivity contribution in [2.75, 3.05) is 13.7 Å². The third-order valence-corrected chi connectivity index (χ3v) is 6.37. The molecule has 0 radical (unpaired) electrons. The molecule has 3 N–H and O–H groups in total. The predicted molar refractivity (Wildman–Crippen MR) is 116 cm³/mol. The second-order valence-corrected chi connectivity index (χ2v) is 8.94. The van der Waals surface area contributed by atoms with E-state index in [2.05, 4.69) is 14.8 Å². The Kier molecular flexibility index (Phi) is 8.72. The zero-order chi connectivity index (χ0) is 24.7. The van der Waals surface area contributed by atoms with Crippen LogP contribution >= 0.6 is 7.75 Å². The van der Waals surface area contributed by atoms with Crippen molar-refractivity contribution in [2.45, 2.75) is 37.6 Å². The molecule has 1 aromatic carbocycles. The number of rotatable bonds is 10. The molecule has 1 unspecified atom stereocenters. The number of aromatic nitrogens is 1. The van der Waals surface area contributed by atoms with E-state index in [-0.39, 0.29) is 11.3 Å². The first-order valence-electron chi connectivity index (χ1n) is 10.2. The van der Waals surface area contributed by atoms with Gasteiger partial charge in [-0.15, -0.1) is 0 Å². The van der Waals surface area contributed by atoms with Crippen LogP contribution in [0.4, 0.5) is 0 Å². The fourth-order valence-corrected chi connectivity index (χ4v) is 4.46. The highest BCUT2D eigenvalue weighted by Gasteiger charge is 2.46. The lowest BCUT2D eigenvalue weighted by atomic mass is 10.1. The maximum absolute atomic E-state index is 13.3. The van der Waals surface area contributed by atoms with Crippen molar-refractivity contribution >= 4 is 19.7 Å². The second kappa shape index (κ2) is 11.5. The van der Waals surface area contributed by atoms with E-state index in [4.69, 9.17) is 18.5 Å². The van der Waals surface area contributed by atoms with Gasteiger partial charge in [-0.25, -0.2) is 9.36 Å². The largest absolute Gasteiger partial charge is 0.468 e. The number of benzene rings is 1. The van der Waals surface area contributed by atoms with Gasteiger partial charge >= 0.3 is 19.7 Å². The molecule has 34 heavy (non-hydrogen) atoms. The Morgan fingerprint density at radius 2 is 1.91 bits per heavy atom. The molecule has 12 nitrogen and oxygen atoms in total. The molecule has 1 fully saturated rings. The summed E-state index contributed by atoms with van der Waals surface area (Å²) in [5, 5.41) is 23.0.